The lowest BCUT2D eigenvalue weighted by atomic mass is 9.84. The molecule has 0 spiro atoms. The topological polar surface area (TPSA) is 268 Å². The number of hydrogen-bond acceptors (Lipinski definition) is 14. The van der Waals surface area contributed by atoms with Gasteiger partial charge in [0.15, 0.2) is 12.6 Å². The Kier molecular flexibility index (Phi) is 8.44. The van der Waals surface area contributed by atoms with Crippen molar-refractivity contribution < 1.29 is 44.5 Å². The molecule has 32 heavy (non-hydrogen) atoms. The Bertz CT molecular complexity index is 621. The van der Waals surface area contributed by atoms with Gasteiger partial charge in [0.1, 0.15) is 42.7 Å². The molecular formula is C18H37N5O9. The van der Waals surface area contributed by atoms with Crippen LogP contribution in [-0.2, 0) is 18.9 Å². The van der Waals surface area contributed by atoms with Crippen LogP contribution in [0.3, 0.4) is 0 Å². The van der Waals surface area contributed by atoms with E-state index >= 15 is 0 Å². The van der Waals surface area contributed by atoms with Gasteiger partial charge in [0.05, 0.1) is 24.3 Å². The van der Waals surface area contributed by atoms with Gasteiger partial charge >= 0.3 is 0 Å². The minimum Gasteiger partial charge on any atom is -0.389 e. The highest BCUT2D eigenvalue weighted by Gasteiger charge is 2.50. The van der Waals surface area contributed by atoms with Crippen LogP contribution in [0.25, 0.3) is 0 Å². The average molecular weight is 468 g/mol. The fraction of sp³-hybridized carbons (Fsp3) is 1.00. The molecular weight excluding hydrogens is 430 g/mol. The maximum atomic E-state index is 11.0. The molecule has 0 radical (unpaired) electrons. The second-order valence-corrected chi connectivity index (χ2v) is 8.86. The molecule has 15 N–H and O–H groups in total. The lowest BCUT2D eigenvalue weighted by Gasteiger charge is -2.48. The van der Waals surface area contributed by atoms with Crippen molar-refractivity contribution in [3.63, 3.8) is 0 Å². The summed E-state index contributed by atoms with van der Waals surface area (Å²) < 4.78 is 22.7. The Labute approximate surface area is 185 Å². The highest BCUT2D eigenvalue weighted by Crippen LogP contribution is 2.30. The molecule has 14 nitrogen and oxygen atoms in total. The van der Waals surface area contributed by atoms with Crippen LogP contribution in [0.15, 0.2) is 0 Å². The summed E-state index contributed by atoms with van der Waals surface area (Å²) in [7, 11) is 0. The zero-order chi connectivity index (χ0) is 23.9. The van der Waals surface area contributed by atoms with Crippen LogP contribution in [0.1, 0.15) is 13.3 Å². The second-order valence-electron chi connectivity index (χ2n) is 8.86. The minimum atomic E-state index is -1.39. The number of nitrogens with two attached hydrogens (primary N) is 5. The first-order valence-corrected chi connectivity index (χ1v) is 10.7. The second kappa shape index (κ2) is 10.4. The number of aliphatic hydroxyl groups is 5. The largest absolute Gasteiger partial charge is 0.389 e. The third-order valence-electron chi connectivity index (χ3n) is 6.52. The lowest BCUT2D eigenvalue weighted by molar-refractivity contribution is -0.315. The van der Waals surface area contributed by atoms with Crippen LogP contribution < -0.4 is 28.7 Å². The summed E-state index contributed by atoms with van der Waals surface area (Å²) in [6.07, 6.45) is -12.6. The van der Waals surface area contributed by atoms with Crippen LogP contribution in [0.2, 0.25) is 0 Å². The van der Waals surface area contributed by atoms with Crippen molar-refractivity contribution in [2.45, 2.75) is 105 Å². The van der Waals surface area contributed by atoms with E-state index in [4.69, 9.17) is 47.6 Å². The maximum Gasteiger partial charge on any atom is 0.186 e. The van der Waals surface area contributed by atoms with Crippen molar-refractivity contribution in [1.82, 2.24) is 0 Å². The Hall–Kier alpha value is -0.560. The first-order valence-electron chi connectivity index (χ1n) is 10.7. The molecule has 0 amide bonds. The highest BCUT2D eigenvalue weighted by molar-refractivity contribution is 5.01. The van der Waals surface area contributed by atoms with E-state index in [1.165, 1.54) is 0 Å². The number of rotatable bonds is 5. The van der Waals surface area contributed by atoms with E-state index in [-0.39, 0.29) is 13.0 Å². The predicted molar refractivity (Wildman–Crippen MR) is 108 cm³/mol. The molecule has 14 heteroatoms. The molecule has 3 aliphatic rings. The first-order chi connectivity index (χ1) is 15.0. The van der Waals surface area contributed by atoms with Gasteiger partial charge in [-0.3, -0.25) is 0 Å². The molecule has 1 aliphatic carbocycles. The van der Waals surface area contributed by atoms with Crippen molar-refractivity contribution in [2.24, 2.45) is 28.7 Å². The smallest absolute Gasteiger partial charge is 0.186 e. The molecule has 1 saturated carbocycles. The van der Waals surface area contributed by atoms with Gasteiger partial charge in [0.25, 0.3) is 0 Å². The third kappa shape index (κ3) is 4.94. The van der Waals surface area contributed by atoms with Gasteiger partial charge in [0, 0.05) is 18.6 Å². The Morgan fingerprint density at radius 1 is 0.719 bits per heavy atom. The summed E-state index contributed by atoms with van der Waals surface area (Å²) in [6, 6.07) is -3.63. The normalized spacial score (nSPS) is 55.0. The molecule has 0 bridgehead atoms. The van der Waals surface area contributed by atoms with Crippen molar-refractivity contribution in [3.8, 4) is 0 Å². The molecule has 15 atom stereocenters. The van der Waals surface area contributed by atoms with Gasteiger partial charge < -0.3 is 73.1 Å². The fourth-order valence-corrected chi connectivity index (χ4v) is 4.40. The zero-order valence-corrected chi connectivity index (χ0v) is 17.8. The van der Waals surface area contributed by atoms with E-state index in [2.05, 4.69) is 0 Å². The summed E-state index contributed by atoms with van der Waals surface area (Å²) in [5.41, 5.74) is 29.6. The summed E-state index contributed by atoms with van der Waals surface area (Å²) in [4.78, 5) is 0. The van der Waals surface area contributed by atoms with Crippen molar-refractivity contribution >= 4 is 0 Å². The number of ether oxygens (including phenoxy) is 4. The summed E-state index contributed by atoms with van der Waals surface area (Å²) in [6.45, 7) is 1.48. The zero-order valence-electron chi connectivity index (χ0n) is 17.8. The van der Waals surface area contributed by atoms with E-state index in [1.54, 1.807) is 6.92 Å². The van der Waals surface area contributed by atoms with Crippen LogP contribution in [-0.4, -0.2) is 124 Å². The standard InChI is InChI=1S/C18H37N5O9/c1-4-10(24)8(22)13(27)18(29-4)32-16-6(21)2-5(20)15(14(16)28)31-17-9(23)12(26)11(25)7(3-19)30-17/h4-18,24-28H,2-3,19-23H2,1H3/t4-,5+,6-,7-,8+,9-,10-,11-,12-,13-,14+,15-,16+,17-,18-/m1/s1. The molecule has 188 valence electrons. The van der Waals surface area contributed by atoms with Gasteiger partial charge in [0.2, 0.25) is 0 Å². The van der Waals surface area contributed by atoms with Crippen LogP contribution >= 0.6 is 0 Å². The predicted octanol–water partition coefficient (Wildman–Crippen LogP) is -6.30. The monoisotopic (exact) mass is 467 g/mol. The van der Waals surface area contributed by atoms with E-state index < -0.39 is 91.7 Å². The van der Waals surface area contributed by atoms with Crippen molar-refractivity contribution in [3.05, 3.63) is 0 Å². The van der Waals surface area contributed by atoms with Gasteiger partial charge in [-0.25, -0.2) is 0 Å². The molecule has 2 saturated heterocycles. The average Bonchev–Trinajstić information content (AvgIpc) is 2.75. The molecule has 0 aromatic carbocycles. The highest BCUT2D eigenvalue weighted by atomic mass is 16.7. The first kappa shape index (κ1) is 26.1. The molecule has 3 rings (SSSR count). The van der Waals surface area contributed by atoms with Crippen LogP contribution in [0.5, 0.6) is 0 Å². The van der Waals surface area contributed by atoms with Crippen LogP contribution in [0.4, 0.5) is 0 Å². The molecule has 0 aromatic heterocycles. The molecule has 3 fully saturated rings. The molecule has 0 unspecified atom stereocenters. The van der Waals surface area contributed by atoms with Crippen LogP contribution in [0, 0.1) is 0 Å². The summed E-state index contributed by atoms with van der Waals surface area (Å²) >= 11 is 0. The molecule has 2 aliphatic heterocycles. The Balaban J connectivity index is 1.71. The van der Waals surface area contributed by atoms with Crippen molar-refractivity contribution in [2.75, 3.05) is 6.54 Å². The van der Waals surface area contributed by atoms with E-state index in [9.17, 15) is 25.5 Å². The number of aliphatic hydroxyl groups excluding tert-OH is 5. The Morgan fingerprint density at radius 2 is 1.28 bits per heavy atom. The van der Waals surface area contributed by atoms with Gasteiger partial charge in [-0.1, -0.05) is 0 Å². The number of hydrogen-bond donors (Lipinski definition) is 10. The van der Waals surface area contributed by atoms with E-state index in [0.717, 1.165) is 0 Å². The summed E-state index contributed by atoms with van der Waals surface area (Å²) in [5, 5.41) is 51.5. The van der Waals surface area contributed by atoms with Gasteiger partial charge in [-0.15, -0.1) is 0 Å². The SMILES string of the molecule is C[C@H]1O[C@H](O[C@@H]2[C@@H](O)[C@H](O[C@H]3O[C@H](CN)[C@@H](O)[C@H](O)[C@H]3N)[C@@H](N)C[C@H]2N)[C@H](O)[C@@H](N)[C@@H]1O. The fourth-order valence-electron chi connectivity index (χ4n) is 4.40. The molecule has 2 heterocycles. The lowest BCUT2D eigenvalue weighted by Crippen LogP contribution is -2.69. The Morgan fingerprint density at radius 3 is 1.84 bits per heavy atom. The summed E-state index contributed by atoms with van der Waals surface area (Å²) in [5.74, 6) is 0. The minimum absolute atomic E-state index is 0.0953. The van der Waals surface area contributed by atoms with E-state index in [1.807, 2.05) is 0 Å². The van der Waals surface area contributed by atoms with E-state index in [0.29, 0.717) is 0 Å². The maximum absolute atomic E-state index is 11.0. The van der Waals surface area contributed by atoms with Gasteiger partial charge in [-0.2, -0.15) is 0 Å². The van der Waals surface area contributed by atoms with Crippen molar-refractivity contribution in [1.29, 1.82) is 0 Å². The van der Waals surface area contributed by atoms with Gasteiger partial charge in [-0.05, 0) is 13.3 Å². The molecule has 0 aromatic rings. The third-order valence-corrected chi connectivity index (χ3v) is 6.52. The quantitative estimate of drug-likeness (QED) is 0.180.